The van der Waals surface area contributed by atoms with Crippen molar-refractivity contribution in [3.8, 4) is 11.1 Å². The first-order chi connectivity index (χ1) is 12.4. The fraction of sp³-hybridized carbons (Fsp3) is 0.476. The van der Waals surface area contributed by atoms with E-state index in [2.05, 4.69) is 31.5 Å². The normalized spacial score (nSPS) is 19.6. The van der Waals surface area contributed by atoms with Crippen LogP contribution in [0.5, 0.6) is 0 Å². The van der Waals surface area contributed by atoms with Crippen LogP contribution in [0.3, 0.4) is 0 Å². The highest BCUT2D eigenvalue weighted by Crippen LogP contribution is 2.42. The third kappa shape index (κ3) is 3.41. The molecule has 1 aliphatic carbocycles. The van der Waals surface area contributed by atoms with E-state index < -0.39 is 0 Å². The smallest absolute Gasteiger partial charge is 0.271 e. The lowest BCUT2D eigenvalue weighted by molar-refractivity contribution is 0.0738. The van der Waals surface area contributed by atoms with Gasteiger partial charge in [-0.2, -0.15) is 11.8 Å². The minimum atomic E-state index is 0.112. The summed E-state index contributed by atoms with van der Waals surface area (Å²) in [6.07, 6.45) is 4.49. The Morgan fingerprint density at radius 2 is 1.92 bits per heavy atom. The highest BCUT2D eigenvalue weighted by Gasteiger charge is 2.36. The lowest BCUT2D eigenvalue weighted by Crippen LogP contribution is -2.46. The molecule has 1 aliphatic heterocycles. The Morgan fingerprint density at radius 1 is 1.23 bits per heavy atom. The average Bonchev–Trinajstić information content (AvgIpc) is 3.37. The Hall–Kier alpha value is -1.39. The largest absolute Gasteiger partial charge is 0.340 e. The predicted octanol–water partition coefficient (Wildman–Crippen LogP) is 5.42. The monoisotopic (exact) mass is 388 g/mol. The zero-order valence-electron chi connectivity index (χ0n) is 15.6. The number of hydrogen-bond acceptors (Lipinski definition) is 2. The zero-order chi connectivity index (χ0) is 18.5. The van der Waals surface area contributed by atoms with Crippen molar-refractivity contribution in [1.29, 1.82) is 0 Å². The van der Waals surface area contributed by atoms with Gasteiger partial charge in [0, 0.05) is 46.4 Å². The molecular formula is C21H25ClN2OS. The minimum Gasteiger partial charge on any atom is -0.340 e. The van der Waals surface area contributed by atoms with Crippen LogP contribution < -0.4 is 0 Å². The van der Waals surface area contributed by atoms with Crippen LogP contribution in [0.2, 0.25) is 5.02 Å². The van der Waals surface area contributed by atoms with E-state index in [1.807, 2.05) is 40.9 Å². The van der Waals surface area contributed by atoms with Crippen LogP contribution in [-0.4, -0.2) is 39.0 Å². The van der Waals surface area contributed by atoms with E-state index in [9.17, 15) is 4.79 Å². The van der Waals surface area contributed by atoms with Crippen molar-refractivity contribution in [1.82, 2.24) is 9.47 Å². The van der Waals surface area contributed by atoms with Crippen LogP contribution in [0.15, 0.2) is 30.5 Å². The second kappa shape index (κ2) is 6.65. The van der Waals surface area contributed by atoms with E-state index in [0.29, 0.717) is 6.04 Å². The Bertz CT molecular complexity index is 836. The summed E-state index contributed by atoms with van der Waals surface area (Å²) in [7, 11) is 0. The third-order valence-corrected chi connectivity index (χ3v) is 6.76. The molecule has 3 nitrogen and oxygen atoms in total. The predicted molar refractivity (Wildman–Crippen MR) is 110 cm³/mol. The second-order valence-electron chi connectivity index (χ2n) is 8.02. The van der Waals surface area contributed by atoms with Gasteiger partial charge in [-0.25, -0.2) is 0 Å². The van der Waals surface area contributed by atoms with Gasteiger partial charge < -0.3 is 9.47 Å². The van der Waals surface area contributed by atoms with Crippen LogP contribution in [0, 0.1) is 6.92 Å². The maximum Gasteiger partial charge on any atom is 0.271 e. The molecule has 0 atom stereocenters. The number of aromatic nitrogens is 1. The Labute approximate surface area is 164 Å². The van der Waals surface area contributed by atoms with Crippen LogP contribution in [0.4, 0.5) is 0 Å². The molecule has 1 saturated carbocycles. The number of halogens is 1. The van der Waals surface area contributed by atoms with Crippen LogP contribution >= 0.6 is 23.4 Å². The van der Waals surface area contributed by atoms with Gasteiger partial charge in [0.2, 0.25) is 0 Å². The molecule has 1 saturated heterocycles. The molecule has 1 aromatic heterocycles. The fourth-order valence-corrected chi connectivity index (χ4v) is 5.07. The molecule has 0 radical (unpaired) electrons. The van der Waals surface area contributed by atoms with Gasteiger partial charge in [-0.3, -0.25) is 4.79 Å². The van der Waals surface area contributed by atoms with Gasteiger partial charge in [-0.1, -0.05) is 23.7 Å². The lowest BCUT2D eigenvalue weighted by Gasteiger charge is -2.37. The van der Waals surface area contributed by atoms with E-state index in [4.69, 9.17) is 11.6 Å². The number of hydrogen-bond donors (Lipinski definition) is 0. The van der Waals surface area contributed by atoms with Gasteiger partial charge in [-0.15, -0.1) is 0 Å². The van der Waals surface area contributed by atoms with Crippen molar-refractivity contribution >= 4 is 29.3 Å². The summed E-state index contributed by atoms with van der Waals surface area (Å²) in [5.74, 6) is 1.17. The first-order valence-corrected chi connectivity index (χ1v) is 10.6. The zero-order valence-corrected chi connectivity index (χ0v) is 17.2. The van der Waals surface area contributed by atoms with Gasteiger partial charge >= 0.3 is 0 Å². The highest BCUT2D eigenvalue weighted by atomic mass is 35.5. The molecule has 26 heavy (non-hydrogen) atoms. The number of thioether (sulfide) groups is 1. The van der Waals surface area contributed by atoms with Crippen molar-refractivity contribution in [2.45, 2.75) is 44.4 Å². The summed E-state index contributed by atoms with van der Waals surface area (Å²) in [6.45, 7) is 8.17. The standard InChI is InChI=1S/C21H25ClN2OS/c1-14-12-24(17-8-9-17)19(18(14)15-4-6-16(22)7-5-15)20(25)23-10-11-26-21(2,3)13-23/h4-7,12,17H,8-11,13H2,1-3H3. The number of nitrogens with zero attached hydrogens (tertiary/aromatic N) is 2. The van der Waals surface area contributed by atoms with E-state index >= 15 is 0 Å². The fourth-order valence-electron chi connectivity index (χ4n) is 3.83. The summed E-state index contributed by atoms with van der Waals surface area (Å²) in [5.41, 5.74) is 4.15. The van der Waals surface area contributed by atoms with Gasteiger partial charge in [0.1, 0.15) is 5.69 Å². The van der Waals surface area contributed by atoms with Gasteiger partial charge in [0.05, 0.1) is 0 Å². The number of aryl methyl sites for hydroxylation is 1. The minimum absolute atomic E-state index is 0.112. The van der Waals surface area contributed by atoms with Crippen LogP contribution in [0.1, 0.15) is 48.8 Å². The number of carbonyl (C=O) groups is 1. The Balaban J connectivity index is 1.78. The van der Waals surface area contributed by atoms with Gasteiger partial charge in [-0.05, 0) is 56.9 Å². The second-order valence-corrected chi connectivity index (χ2v) is 10.3. The molecule has 2 fully saturated rings. The Kier molecular flexibility index (Phi) is 4.60. The SMILES string of the molecule is Cc1cn(C2CC2)c(C(=O)N2CCSC(C)(C)C2)c1-c1ccc(Cl)cc1. The van der Waals surface area contributed by atoms with E-state index in [0.717, 1.165) is 59.1 Å². The first-order valence-electron chi connectivity index (χ1n) is 9.26. The molecule has 2 aromatic rings. The molecule has 4 rings (SSSR count). The Morgan fingerprint density at radius 3 is 2.54 bits per heavy atom. The van der Waals surface area contributed by atoms with E-state index in [1.165, 1.54) is 0 Å². The quantitative estimate of drug-likeness (QED) is 0.701. The van der Waals surface area contributed by atoms with E-state index in [1.54, 1.807) is 0 Å². The molecule has 1 amide bonds. The third-order valence-electron chi connectivity index (χ3n) is 5.21. The van der Waals surface area contributed by atoms with Crippen molar-refractivity contribution in [3.05, 3.63) is 46.7 Å². The van der Waals surface area contributed by atoms with Crippen molar-refractivity contribution in [2.75, 3.05) is 18.8 Å². The summed E-state index contributed by atoms with van der Waals surface area (Å²) >= 11 is 8.03. The summed E-state index contributed by atoms with van der Waals surface area (Å²) in [5, 5.41) is 0.718. The average molecular weight is 389 g/mol. The lowest BCUT2D eigenvalue weighted by atomic mass is 10.0. The molecule has 5 heteroatoms. The molecular weight excluding hydrogens is 364 g/mol. The topological polar surface area (TPSA) is 25.2 Å². The summed E-state index contributed by atoms with van der Waals surface area (Å²) in [6, 6.07) is 8.32. The maximum absolute atomic E-state index is 13.6. The molecule has 138 valence electrons. The van der Waals surface area contributed by atoms with Crippen molar-refractivity contribution in [2.24, 2.45) is 0 Å². The number of amides is 1. The molecule has 1 aromatic carbocycles. The summed E-state index contributed by atoms with van der Waals surface area (Å²) < 4.78 is 2.34. The maximum atomic E-state index is 13.6. The summed E-state index contributed by atoms with van der Waals surface area (Å²) in [4.78, 5) is 15.6. The molecule has 2 heterocycles. The van der Waals surface area contributed by atoms with Crippen LogP contribution in [0.25, 0.3) is 11.1 Å². The van der Waals surface area contributed by atoms with Crippen molar-refractivity contribution in [3.63, 3.8) is 0 Å². The van der Waals surface area contributed by atoms with E-state index in [-0.39, 0.29) is 10.7 Å². The number of carbonyl (C=O) groups excluding carboxylic acids is 1. The molecule has 2 aliphatic rings. The first kappa shape index (κ1) is 18.0. The van der Waals surface area contributed by atoms with Crippen LogP contribution in [-0.2, 0) is 0 Å². The molecule has 0 N–H and O–H groups in total. The number of rotatable bonds is 3. The highest BCUT2D eigenvalue weighted by molar-refractivity contribution is 8.00. The van der Waals surface area contributed by atoms with Gasteiger partial charge in [0.15, 0.2) is 0 Å². The molecule has 0 bridgehead atoms. The number of benzene rings is 1. The molecule has 0 unspecified atom stereocenters. The molecule has 0 spiro atoms. The van der Waals surface area contributed by atoms with Gasteiger partial charge in [0.25, 0.3) is 5.91 Å². The van der Waals surface area contributed by atoms with Crippen molar-refractivity contribution < 1.29 is 4.79 Å².